The van der Waals surface area contributed by atoms with Gasteiger partial charge in [0.25, 0.3) is 0 Å². The van der Waals surface area contributed by atoms with Crippen LogP contribution in [0.25, 0.3) is 0 Å². The molecule has 0 amide bonds. The molecule has 1 aliphatic carbocycles. The molecule has 0 radical (unpaired) electrons. The summed E-state index contributed by atoms with van der Waals surface area (Å²) in [5.74, 6) is 0.969. The Bertz CT molecular complexity index is 355. The first-order valence-electron chi connectivity index (χ1n) is 5.58. The van der Waals surface area contributed by atoms with E-state index in [1.807, 2.05) is 24.3 Å². The van der Waals surface area contributed by atoms with Gasteiger partial charge in [0.05, 0.1) is 0 Å². The van der Waals surface area contributed by atoms with Gasteiger partial charge in [0.2, 0.25) is 0 Å². The van der Waals surface area contributed by atoms with Crippen molar-refractivity contribution in [2.45, 2.75) is 32.7 Å². The molecule has 2 heteroatoms. The minimum absolute atomic E-state index is 0.124. The fourth-order valence-electron chi connectivity index (χ4n) is 1.89. The highest BCUT2D eigenvalue weighted by atomic mass is 16.1. The minimum Gasteiger partial charge on any atom is -0.382 e. The Morgan fingerprint density at radius 1 is 1.40 bits per heavy atom. The van der Waals surface area contributed by atoms with Gasteiger partial charge in [-0.1, -0.05) is 13.3 Å². The Labute approximate surface area is 90.7 Å². The summed E-state index contributed by atoms with van der Waals surface area (Å²) in [4.78, 5) is 11.1. The molecule has 1 N–H and O–H groups in total. The quantitative estimate of drug-likeness (QED) is 0.762. The molecular formula is C13H17NO. The van der Waals surface area contributed by atoms with Crippen LogP contribution in [0.15, 0.2) is 24.3 Å². The van der Waals surface area contributed by atoms with Crippen molar-refractivity contribution in [3.05, 3.63) is 29.8 Å². The third-order valence-corrected chi connectivity index (χ3v) is 3.09. The van der Waals surface area contributed by atoms with Crippen LogP contribution in [0, 0.1) is 5.92 Å². The highest BCUT2D eigenvalue weighted by Crippen LogP contribution is 2.35. The second-order valence-electron chi connectivity index (χ2n) is 4.29. The predicted octanol–water partition coefficient (Wildman–Crippen LogP) is 3.10. The fourth-order valence-corrected chi connectivity index (χ4v) is 1.89. The summed E-state index contributed by atoms with van der Waals surface area (Å²) >= 11 is 0. The highest BCUT2D eigenvalue weighted by Gasteiger charge is 2.34. The van der Waals surface area contributed by atoms with Crippen molar-refractivity contribution in [1.82, 2.24) is 0 Å². The molecule has 0 saturated heterocycles. The molecule has 1 aliphatic rings. The number of ketones is 1. The summed E-state index contributed by atoms with van der Waals surface area (Å²) in [6.07, 6.45) is 2.54. The standard InChI is InChI=1S/C13H17NO/c1-3-10-8-13(10)14-12-6-4-11(5-7-12)9(2)15/h4-7,10,13-14H,3,8H2,1-2H3. The number of anilines is 1. The van der Waals surface area contributed by atoms with Crippen LogP contribution in [-0.2, 0) is 0 Å². The van der Waals surface area contributed by atoms with Gasteiger partial charge in [-0.25, -0.2) is 0 Å². The minimum atomic E-state index is 0.124. The van der Waals surface area contributed by atoms with Gasteiger partial charge in [0, 0.05) is 17.3 Å². The molecule has 0 heterocycles. The number of rotatable bonds is 4. The average Bonchev–Trinajstić information content (AvgIpc) is 2.97. The zero-order valence-electron chi connectivity index (χ0n) is 9.29. The van der Waals surface area contributed by atoms with Gasteiger partial charge in [-0.15, -0.1) is 0 Å². The molecule has 2 nitrogen and oxygen atoms in total. The van der Waals surface area contributed by atoms with Crippen molar-refractivity contribution in [3.8, 4) is 0 Å². The van der Waals surface area contributed by atoms with Crippen LogP contribution in [0.1, 0.15) is 37.0 Å². The monoisotopic (exact) mass is 203 g/mol. The van der Waals surface area contributed by atoms with Crippen LogP contribution in [0.4, 0.5) is 5.69 Å². The van der Waals surface area contributed by atoms with Crippen LogP contribution < -0.4 is 5.32 Å². The molecule has 1 fully saturated rings. The Morgan fingerprint density at radius 3 is 2.53 bits per heavy atom. The second kappa shape index (κ2) is 4.05. The molecule has 1 aromatic carbocycles. The van der Waals surface area contributed by atoms with E-state index in [-0.39, 0.29) is 5.78 Å². The van der Waals surface area contributed by atoms with Crippen LogP contribution in [0.5, 0.6) is 0 Å². The number of benzene rings is 1. The molecule has 2 rings (SSSR count). The maximum absolute atomic E-state index is 11.1. The number of hydrogen-bond acceptors (Lipinski definition) is 2. The summed E-state index contributed by atoms with van der Waals surface area (Å²) in [7, 11) is 0. The first kappa shape index (κ1) is 10.2. The molecule has 80 valence electrons. The Kier molecular flexibility index (Phi) is 2.76. The van der Waals surface area contributed by atoms with Gasteiger partial charge in [-0.3, -0.25) is 4.79 Å². The van der Waals surface area contributed by atoms with E-state index in [1.165, 1.54) is 12.8 Å². The van der Waals surface area contributed by atoms with Crippen molar-refractivity contribution in [1.29, 1.82) is 0 Å². The molecule has 15 heavy (non-hydrogen) atoms. The molecule has 0 aliphatic heterocycles. The number of Topliss-reactive ketones (excluding diaryl/α,β-unsaturated/α-hetero) is 1. The summed E-state index contributed by atoms with van der Waals surface area (Å²) in [5, 5.41) is 3.47. The molecule has 2 atom stereocenters. The Hall–Kier alpha value is -1.31. The van der Waals surface area contributed by atoms with E-state index in [2.05, 4.69) is 12.2 Å². The van der Waals surface area contributed by atoms with Gasteiger partial charge in [0.15, 0.2) is 5.78 Å². The first-order chi connectivity index (χ1) is 7.20. The third-order valence-electron chi connectivity index (χ3n) is 3.09. The largest absolute Gasteiger partial charge is 0.382 e. The van der Waals surface area contributed by atoms with Crippen molar-refractivity contribution >= 4 is 11.5 Å². The number of carbonyl (C=O) groups is 1. The van der Waals surface area contributed by atoms with Crippen LogP contribution in [0.3, 0.4) is 0 Å². The van der Waals surface area contributed by atoms with Gasteiger partial charge in [-0.2, -0.15) is 0 Å². The molecule has 0 bridgehead atoms. The SMILES string of the molecule is CCC1CC1Nc1ccc(C(C)=O)cc1. The summed E-state index contributed by atoms with van der Waals surface area (Å²) in [5.41, 5.74) is 1.91. The lowest BCUT2D eigenvalue weighted by Gasteiger charge is -2.05. The van der Waals surface area contributed by atoms with Crippen LogP contribution >= 0.6 is 0 Å². The van der Waals surface area contributed by atoms with E-state index in [1.54, 1.807) is 6.92 Å². The van der Waals surface area contributed by atoms with E-state index < -0.39 is 0 Å². The van der Waals surface area contributed by atoms with Crippen LogP contribution in [-0.4, -0.2) is 11.8 Å². The van der Waals surface area contributed by atoms with Gasteiger partial charge < -0.3 is 5.32 Å². The predicted molar refractivity (Wildman–Crippen MR) is 62.3 cm³/mol. The topological polar surface area (TPSA) is 29.1 Å². The lowest BCUT2D eigenvalue weighted by molar-refractivity contribution is 0.101. The van der Waals surface area contributed by atoms with E-state index in [0.29, 0.717) is 6.04 Å². The number of nitrogens with one attached hydrogen (secondary N) is 1. The zero-order valence-corrected chi connectivity index (χ0v) is 9.29. The molecule has 2 unspecified atom stereocenters. The van der Waals surface area contributed by atoms with E-state index in [0.717, 1.165) is 17.2 Å². The summed E-state index contributed by atoms with van der Waals surface area (Å²) < 4.78 is 0. The Morgan fingerprint density at radius 2 is 2.07 bits per heavy atom. The fraction of sp³-hybridized carbons (Fsp3) is 0.462. The maximum Gasteiger partial charge on any atom is 0.159 e. The molecule has 0 spiro atoms. The molecule has 1 aromatic rings. The summed E-state index contributed by atoms with van der Waals surface area (Å²) in [6.45, 7) is 3.82. The second-order valence-corrected chi connectivity index (χ2v) is 4.29. The maximum atomic E-state index is 11.1. The molecule has 1 saturated carbocycles. The highest BCUT2D eigenvalue weighted by molar-refractivity contribution is 5.94. The average molecular weight is 203 g/mol. The van der Waals surface area contributed by atoms with Gasteiger partial charge in [0.1, 0.15) is 0 Å². The molecule has 0 aromatic heterocycles. The number of hydrogen-bond donors (Lipinski definition) is 1. The lowest BCUT2D eigenvalue weighted by atomic mass is 10.1. The zero-order chi connectivity index (χ0) is 10.8. The Balaban J connectivity index is 1.96. The van der Waals surface area contributed by atoms with Crippen molar-refractivity contribution in [2.75, 3.05) is 5.32 Å². The summed E-state index contributed by atoms with van der Waals surface area (Å²) in [6, 6.07) is 8.39. The van der Waals surface area contributed by atoms with Gasteiger partial charge >= 0.3 is 0 Å². The van der Waals surface area contributed by atoms with Crippen molar-refractivity contribution < 1.29 is 4.79 Å². The van der Waals surface area contributed by atoms with E-state index in [4.69, 9.17) is 0 Å². The third kappa shape index (κ3) is 2.38. The first-order valence-corrected chi connectivity index (χ1v) is 5.58. The van der Waals surface area contributed by atoms with Crippen molar-refractivity contribution in [3.63, 3.8) is 0 Å². The van der Waals surface area contributed by atoms with Crippen LogP contribution in [0.2, 0.25) is 0 Å². The van der Waals surface area contributed by atoms with E-state index in [9.17, 15) is 4.79 Å². The number of carbonyl (C=O) groups excluding carboxylic acids is 1. The molecular weight excluding hydrogens is 186 g/mol. The van der Waals surface area contributed by atoms with Crippen molar-refractivity contribution in [2.24, 2.45) is 5.92 Å². The smallest absolute Gasteiger partial charge is 0.159 e. The van der Waals surface area contributed by atoms with Gasteiger partial charge in [-0.05, 0) is 43.5 Å². The van der Waals surface area contributed by atoms with E-state index >= 15 is 0 Å². The lowest BCUT2D eigenvalue weighted by Crippen LogP contribution is -2.04. The normalized spacial score (nSPS) is 23.6.